The zero-order valence-electron chi connectivity index (χ0n) is 20.5. The molecule has 0 unspecified atom stereocenters. The number of carbonyl (C=O) groups excluding carboxylic acids is 3. The summed E-state index contributed by atoms with van der Waals surface area (Å²) < 4.78 is 12.1. The monoisotopic (exact) mass is 478 g/mol. The molecule has 0 saturated heterocycles. The lowest BCUT2D eigenvalue weighted by molar-refractivity contribution is -0.119. The number of carbonyl (C=O) groups is 3. The molecule has 9 heteroatoms. The predicted octanol–water partition coefficient (Wildman–Crippen LogP) is 4.31. The summed E-state index contributed by atoms with van der Waals surface area (Å²) in [6.45, 7) is 8.83. The lowest BCUT2D eigenvalue weighted by Crippen LogP contribution is -2.32. The van der Waals surface area contributed by atoms with Crippen molar-refractivity contribution in [2.45, 2.75) is 46.8 Å². The number of benzene rings is 2. The number of esters is 1. The maximum absolute atomic E-state index is 12.4. The van der Waals surface area contributed by atoms with Gasteiger partial charge >= 0.3 is 12.1 Å². The molecule has 1 heterocycles. The van der Waals surface area contributed by atoms with Gasteiger partial charge in [0.05, 0.1) is 28.3 Å². The first-order valence-electron chi connectivity index (χ1n) is 11.2. The quantitative estimate of drug-likeness (QED) is 0.490. The number of aryl methyl sites for hydroxylation is 1. The number of nitrogens with zero attached hydrogens (tertiary/aromatic N) is 2. The Hall–Kier alpha value is -4.14. The van der Waals surface area contributed by atoms with Crippen LogP contribution in [0.25, 0.3) is 5.69 Å². The van der Waals surface area contributed by atoms with Gasteiger partial charge in [-0.1, -0.05) is 30.3 Å². The van der Waals surface area contributed by atoms with Gasteiger partial charge in [-0.05, 0) is 64.4 Å². The number of hydrogen-bond donors (Lipinski definition) is 2. The first kappa shape index (κ1) is 25.5. The van der Waals surface area contributed by atoms with Crippen LogP contribution in [0.4, 0.5) is 10.5 Å². The van der Waals surface area contributed by atoms with Crippen molar-refractivity contribution in [2.24, 2.45) is 0 Å². The van der Waals surface area contributed by atoms with Crippen molar-refractivity contribution in [3.8, 4) is 5.69 Å². The molecule has 2 N–H and O–H groups in total. The first-order valence-corrected chi connectivity index (χ1v) is 11.2. The second kappa shape index (κ2) is 10.9. The Morgan fingerprint density at radius 2 is 1.63 bits per heavy atom. The maximum Gasteiger partial charge on any atom is 0.407 e. The van der Waals surface area contributed by atoms with E-state index in [4.69, 9.17) is 9.47 Å². The van der Waals surface area contributed by atoms with E-state index in [2.05, 4.69) is 15.7 Å². The first-order chi connectivity index (χ1) is 16.5. The second-order valence-corrected chi connectivity index (χ2v) is 8.97. The van der Waals surface area contributed by atoms with Gasteiger partial charge in [-0.15, -0.1) is 0 Å². The van der Waals surface area contributed by atoms with E-state index < -0.39 is 30.2 Å². The topological polar surface area (TPSA) is 112 Å². The van der Waals surface area contributed by atoms with Crippen LogP contribution in [0, 0.1) is 13.8 Å². The molecule has 184 valence electrons. The van der Waals surface area contributed by atoms with Crippen molar-refractivity contribution in [2.75, 3.05) is 11.9 Å². The second-order valence-electron chi connectivity index (χ2n) is 8.97. The summed E-state index contributed by atoms with van der Waals surface area (Å²) >= 11 is 0. The largest absolute Gasteiger partial charge is 0.452 e. The minimum atomic E-state index is -0.625. The molecule has 0 fully saturated rings. The molecule has 2 amide bonds. The van der Waals surface area contributed by atoms with E-state index in [1.165, 1.54) is 0 Å². The molecule has 3 rings (SSSR count). The summed E-state index contributed by atoms with van der Waals surface area (Å²) in [6.07, 6.45) is -0.521. The maximum atomic E-state index is 12.4. The normalized spacial score (nSPS) is 11.0. The molecule has 0 spiro atoms. The van der Waals surface area contributed by atoms with Crippen LogP contribution >= 0.6 is 0 Å². The fourth-order valence-electron chi connectivity index (χ4n) is 3.28. The van der Waals surface area contributed by atoms with Crippen molar-refractivity contribution in [1.82, 2.24) is 15.1 Å². The molecule has 1 aromatic heterocycles. The molecular weight excluding hydrogens is 448 g/mol. The molecule has 0 aliphatic heterocycles. The van der Waals surface area contributed by atoms with Gasteiger partial charge in [0, 0.05) is 6.54 Å². The SMILES string of the molecule is Cc1nn(-c2ccccc2)c(C)c1NC(=O)COC(=O)c1ccc(CNC(=O)OC(C)(C)C)cc1. The summed E-state index contributed by atoms with van der Waals surface area (Å²) in [7, 11) is 0. The predicted molar refractivity (Wildman–Crippen MR) is 131 cm³/mol. The lowest BCUT2D eigenvalue weighted by atomic mass is 10.1. The third kappa shape index (κ3) is 7.17. The summed E-state index contributed by atoms with van der Waals surface area (Å²) in [5.74, 6) is -1.09. The molecule has 0 atom stereocenters. The van der Waals surface area contributed by atoms with E-state index in [1.54, 1.807) is 56.6 Å². The molecule has 3 aromatic rings. The number of para-hydroxylation sites is 1. The highest BCUT2D eigenvalue weighted by molar-refractivity contribution is 5.96. The van der Waals surface area contributed by atoms with Crippen LogP contribution in [0.15, 0.2) is 54.6 Å². The van der Waals surface area contributed by atoms with Crippen LogP contribution in [0.1, 0.15) is 48.1 Å². The van der Waals surface area contributed by atoms with Crippen LogP contribution in [-0.2, 0) is 20.8 Å². The van der Waals surface area contributed by atoms with Crippen LogP contribution in [0.3, 0.4) is 0 Å². The summed E-state index contributed by atoms with van der Waals surface area (Å²) in [4.78, 5) is 36.5. The highest BCUT2D eigenvalue weighted by Gasteiger charge is 2.18. The van der Waals surface area contributed by atoms with E-state index in [0.717, 1.165) is 16.9 Å². The van der Waals surface area contributed by atoms with Gasteiger partial charge in [0.2, 0.25) is 0 Å². The number of nitrogens with one attached hydrogen (secondary N) is 2. The van der Waals surface area contributed by atoms with Gasteiger partial charge < -0.3 is 20.1 Å². The van der Waals surface area contributed by atoms with Crippen molar-refractivity contribution in [1.29, 1.82) is 0 Å². The average Bonchev–Trinajstić information content (AvgIpc) is 3.09. The number of amides is 2. The van der Waals surface area contributed by atoms with Crippen molar-refractivity contribution in [3.05, 3.63) is 77.1 Å². The number of ether oxygens (including phenoxy) is 2. The number of aromatic nitrogens is 2. The Labute approximate surface area is 204 Å². The average molecular weight is 479 g/mol. The van der Waals surface area contributed by atoms with Gasteiger partial charge in [0.15, 0.2) is 6.61 Å². The van der Waals surface area contributed by atoms with Crippen molar-refractivity contribution < 1.29 is 23.9 Å². The minimum absolute atomic E-state index is 0.252. The van der Waals surface area contributed by atoms with E-state index in [9.17, 15) is 14.4 Å². The minimum Gasteiger partial charge on any atom is -0.452 e. The highest BCUT2D eigenvalue weighted by atomic mass is 16.6. The summed E-state index contributed by atoms with van der Waals surface area (Å²) in [5.41, 5.74) is 3.38. The van der Waals surface area contributed by atoms with E-state index in [1.807, 2.05) is 37.3 Å². The molecule has 0 bridgehead atoms. The third-order valence-electron chi connectivity index (χ3n) is 4.92. The smallest absolute Gasteiger partial charge is 0.407 e. The van der Waals surface area contributed by atoms with Gasteiger partial charge in [-0.3, -0.25) is 4.79 Å². The highest BCUT2D eigenvalue weighted by Crippen LogP contribution is 2.22. The molecule has 35 heavy (non-hydrogen) atoms. The Bertz CT molecular complexity index is 1190. The molecule has 0 aliphatic rings. The van der Waals surface area contributed by atoms with Crippen molar-refractivity contribution in [3.63, 3.8) is 0 Å². The molecule has 0 aliphatic carbocycles. The fraction of sp³-hybridized carbons (Fsp3) is 0.308. The third-order valence-corrected chi connectivity index (χ3v) is 4.92. The molecule has 0 radical (unpaired) electrons. The Morgan fingerprint density at radius 3 is 2.26 bits per heavy atom. The van der Waals surface area contributed by atoms with Gasteiger partial charge in [0.25, 0.3) is 5.91 Å². The Kier molecular flexibility index (Phi) is 7.91. The van der Waals surface area contributed by atoms with Crippen LogP contribution in [-0.4, -0.2) is 40.0 Å². The molecule has 2 aromatic carbocycles. The van der Waals surface area contributed by atoms with Gasteiger partial charge in [0.1, 0.15) is 5.60 Å². The van der Waals surface area contributed by atoms with Crippen LogP contribution in [0.2, 0.25) is 0 Å². The number of hydrogen-bond acceptors (Lipinski definition) is 6. The molecule has 9 nitrogen and oxygen atoms in total. The number of anilines is 1. The standard InChI is InChI=1S/C26H30N4O5/c1-17-23(18(2)30(29-17)21-9-7-6-8-10-21)28-22(31)16-34-24(32)20-13-11-19(12-14-20)15-27-25(33)35-26(3,4)5/h6-14H,15-16H2,1-5H3,(H,27,33)(H,28,31). The number of rotatable bonds is 7. The fourth-order valence-corrected chi connectivity index (χ4v) is 3.28. The van der Waals surface area contributed by atoms with Gasteiger partial charge in [-0.25, -0.2) is 14.3 Å². The van der Waals surface area contributed by atoms with Crippen LogP contribution in [0.5, 0.6) is 0 Å². The van der Waals surface area contributed by atoms with E-state index in [0.29, 0.717) is 16.9 Å². The van der Waals surface area contributed by atoms with E-state index in [-0.39, 0.29) is 6.54 Å². The zero-order valence-corrected chi connectivity index (χ0v) is 20.5. The Morgan fingerprint density at radius 1 is 0.971 bits per heavy atom. The summed E-state index contributed by atoms with van der Waals surface area (Å²) in [5, 5.41) is 9.92. The van der Waals surface area contributed by atoms with E-state index >= 15 is 0 Å². The van der Waals surface area contributed by atoms with Gasteiger partial charge in [-0.2, -0.15) is 5.10 Å². The molecule has 0 saturated carbocycles. The molecular formula is C26H30N4O5. The lowest BCUT2D eigenvalue weighted by Gasteiger charge is -2.19. The zero-order chi connectivity index (χ0) is 25.6. The van der Waals surface area contributed by atoms with Crippen molar-refractivity contribution >= 4 is 23.7 Å². The van der Waals surface area contributed by atoms with Crippen LogP contribution < -0.4 is 10.6 Å². The summed E-state index contributed by atoms with van der Waals surface area (Å²) in [6, 6.07) is 16.1. The number of alkyl carbamates (subject to hydrolysis) is 1. The Balaban J connectivity index is 1.51.